The van der Waals surface area contributed by atoms with E-state index in [9.17, 15) is 19.5 Å². The van der Waals surface area contributed by atoms with Gasteiger partial charge in [-0.05, 0) is 49.4 Å². The van der Waals surface area contributed by atoms with Crippen LogP contribution in [0, 0.1) is 5.92 Å². The van der Waals surface area contributed by atoms with E-state index in [4.69, 9.17) is 4.74 Å². The molecule has 0 radical (unpaired) electrons. The molecule has 4 rings (SSSR count). The molecule has 0 unspecified atom stereocenters. The largest absolute Gasteiger partial charge is 0.488 e. The van der Waals surface area contributed by atoms with Crippen molar-refractivity contribution in [1.29, 1.82) is 0 Å². The van der Waals surface area contributed by atoms with E-state index in [1.165, 1.54) is 0 Å². The lowest BCUT2D eigenvalue weighted by atomic mass is 10.0. The Bertz CT molecular complexity index is 1340. The fraction of sp³-hybridized carbons (Fsp3) is 0.323. The van der Waals surface area contributed by atoms with Crippen LogP contribution < -0.4 is 20.7 Å². The van der Waals surface area contributed by atoms with Crippen LogP contribution in [-0.4, -0.2) is 71.8 Å². The molecule has 4 N–H and O–H groups in total. The SMILES string of the molecule is C[C@@H]1CN([C@H](C)CO)C(=O)Cc2cc(NC(=O)Nc3ccccc3)ccc2O[C@H]1CN(C)C(=O)Nc1ccccc1. The second-order valence-corrected chi connectivity index (χ2v) is 10.3. The van der Waals surface area contributed by atoms with Gasteiger partial charge in [0.25, 0.3) is 0 Å². The zero-order valence-corrected chi connectivity index (χ0v) is 23.5. The molecule has 41 heavy (non-hydrogen) atoms. The van der Waals surface area contributed by atoms with Crippen molar-refractivity contribution in [1.82, 2.24) is 9.80 Å². The molecule has 10 nitrogen and oxygen atoms in total. The number of nitrogens with zero attached hydrogens (tertiary/aromatic N) is 2. The molecule has 1 heterocycles. The van der Waals surface area contributed by atoms with E-state index in [1.807, 2.05) is 55.5 Å². The second kappa shape index (κ2) is 13.7. The van der Waals surface area contributed by atoms with Crippen molar-refractivity contribution in [2.45, 2.75) is 32.4 Å². The number of ether oxygens (including phenoxy) is 1. The Hall–Kier alpha value is -4.57. The Balaban J connectivity index is 1.56. The number of carbonyl (C=O) groups is 3. The number of benzene rings is 3. The van der Waals surface area contributed by atoms with E-state index >= 15 is 0 Å². The first-order valence-corrected chi connectivity index (χ1v) is 13.6. The number of nitrogens with one attached hydrogen (secondary N) is 3. The third kappa shape index (κ3) is 7.98. The number of aliphatic hydroxyl groups excluding tert-OH is 1. The molecule has 1 aliphatic rings. The smallest absolute Gasteiger partial charge is 0.323 e. The minimum Gasteiger partial charge on any atom is -0.488 e. The lowest BCUT2D eigenvalue weighted by Gasteiger charge is -2.34. The van der Waals surface area contributed by atoms with Crippen molar-refractivity contribution >= 4 is 35.0 Å². The number of carbonyl (C=O) groups excluding carboxylic acids is 3. The lowest BCUT2D eigenvalue weighted by Crippen LogP contribution is -2.48. The highest BCUT2D eigenvalue weighted by Gasteiger charge is 2.32. The van der Waals surface area contributed by atoms with Crippen LogP contribution in [0.15, 0.2) is 78.9 Å². The number of amides is 5. The summed E-state index contributed by atoms with van der Waals surface area (Å²) in [6, 6.07) is 22.3. The summed E-state index contributed by atoms with van der Waals surface area (Å²) in [4.78, 5) is 42.1. The highest BCUT2D eigenvalue weighted by Crippen LogP contribution is 2.29. The van der Waals surface area contributed by atoms with Crippen LogP contribution in [-0.2, 0) is 11.2 Å². The van der Waals surface area contributed by atoms with Crippen LogP contribution in [0.2, 0.25) is 0 Å². The molecule has 0 aliphatic carbocycles. The molecule has 0 saturated carbocycles. The van der Waals surface area contributed by atoms with Gasteiger partial charge in [-0.25, -0.2) is 9.59 Å². The fourth-order valence-corrected chi connectivity index (χ4v) is 4.63. The highest BCUT2D eigenvalue weighted by molar-refractivity contribution is 6.00. The van der Waals surface area contributed by atoms with Crippen LogP contribution >= 0.6 is 0 Å². The Morgan fingerprint density at radius 1 is 0.976 bits per heavy atom. The van der Waals surface area contributed by atoms with Gasteiger partial charge in [0.15, 0.2) is 0 Å². The number of aliphatic hydroxyl groups is 1. The minimum absolute atomic E-state index is 0.0271. The summed E-state index contributed by atoms with van der Waals surface area (Å²) >= 11 is 0. The molecule has 3 atom stereocenters. The Morgan fingerprint density at radius 3 is 2.22 bits per heavy atom. The lowest BCUT2D eigenvalue weighted by molar-refractivity contribution is -0.134. The van der Waals surface area contributed by atoms with Gasteiger partial charge < -0.3 is 35.6 Å². The summed E-state index contributed by atoms with van der Waals surface area (Å²) in [7, 11) is 1.69. The van der Waals surface area contributed by atoms with Gasteiger partial charge in [-0.1, -0.05) is 43.3 Å². The zero-order chi connectivity index (χ0) is 29.4. The molecule has 3 aromatic carbocycles. The average molecular weight is 560 g/mol. The van der Waals surface area contributed by atoms with Gasteiger partial charge in [0.05, 0.1) is 25.6 Å². The number of hydrogen-bond acceptors (Lipinski definition) is 5. The summed E-state index contributed by atoms with van der Waals surface area (Å²) in [5.74, 6) is 0.171. The molecule has 5 amide bonds. The molecular weight excluding hydrogens is 522 g/mol. The van der Waals surface area contributed by atoms with Gasteiger partial charge in [-0.2, -0.15) is 0 Å². The topological polar surface area (TPSA) is 123 Å². The van der Waals surface area contributed by atoms with Gasteiger partial charge in [0.1, 0.15) is 11.9 Å². The Labute approximate surface area is 240 Å². The maximum Gasteiger partial charge on any atom is 0.323 e. The predicted octanol–water partition coefficient (Wildman–Crippen LogP) is 4.64. The average Bonchev–Trinajstić information content (AvgIpc) is 3.01. The highest BCUT2D eigenvalue weighted by atomic mass is 16.5. The normalized spacial score (nSPS) is 17.6. The number of anilines is 3. The van der Waals surface area contributed by atoms with Crippen molar-refractivity contribution in [3.63, 3.8) is 0 Å². The van der Waals surface area contributed by atoms with E-state index < -0.39 is 18.2 Å². The summed E-state index contributed by atoms with van der Waals surface area (Å²) in [6.07, 6.45) is -0.432. The van der Waals surface area contributed by atoms with Gasteiger partial charge in [-0.15, -0.1) is 0 Å². The second-order valence-electron chi connectivity index (χ2n) is 10.3. The number of para-hydroxylation sites is 2. The summed E-state index contributed by atoms with van der Waals surface area (Å²) in [5, 5.41) is 18.3. The summed E-state index contributed by atoms with van der Waals surface area (Å²) in [5.41, 5.74) is 2.43. The number of urea groups is 2. The molecule has 0 fully saturated rings. The van der Waals surface area contributed by atoms with Crippen molar-refractivity contribution < 1.29 is 24.2 Å². The number of likely N-dealkylation sites (N-methyl/N-ethyl adjacent to an activating group) is 1. The van der Waals surface area contributed by atoms with Crippen molar-refractivity contribution in [3.05, 3.63) is 84.4 Å². The number of rotatable bonds is 7. The van der Waals surface area contributed by atoms with Gasteiger partial charge in [0, 0.05) is 42.1 Å². The Kier molecular flexibility index (Phi) is 9.81. The molecule has 1 aliphatic heterocycles. The van der Waals surface area contributed by atoms with E-state index in [0.29, 0.717) is 34.9 Å². The number of fused-ring (bicyclic) bond motifs is 1. The van der Waals surface area contributed by atoms with Crippen molar-refractivity contribution in [3.8, 4) is 5.75 Å². The van der Waals surface area contributed by atoms with Crippen LogP contribution in [0.5, 0.6) is 5.75 Å². The zero-order valence-electron chi connectivity index (χ0n) is 23.5. The molecular formula is C31H37N5O5. The molecule has 0 aromatic heterocycles. The van der Waals surface area contributed by atoms with Crippen LogP contribution in [0.3, 0.4) is 0 Å². The molecule has 10 heteroatoms. The van der Waals surface area contributed by atoms with Crippen molar-refractivity contribution in [2.75, 3.05) is 42.7 Å². The van der Waals surface area contributed by atoms with Crippen LogP contribution in [0.25, 0.3) is 0 Å². The number of hydrogen-bond donors (Lipinski definition) is 4. The van der Waals surface area contributed by atoms with Crippen LogP contribution in [0.4, 0.5) is 26.7 Å². The maximum absolute atomic E-state index is 13.4. The first-order valence-electron chi connectivity index (χ1n) is 13.6. The third-order valence-electron chi connectivity index (χ3n) is 7.03. The monoisotopic (exact) mass is 559 g/mol. The summed E-state index contributed by atoms with van der Waals surface area (Å²) in [6.45, 7) is 4.18. The van der Waals surface area contributed by atoms with Gasteiger partial charge in [0.2, 0.25) is 5.91 Å². The van der Waals surface area contributed by atoms with E-state index in [0.717, 1.165) is 0 Å². The van der Waals surface area contributed by atoms with Crippen molar-refractivity contribution in [2.24, 2.45) is 5.92 Å². The summed E-state index contributed by atoms with van der Waals surface area (Å²) < 4.78 is 6.47. The predicted molar refractivity (Wildman–Crippen MR) is 159 cm³/mol. The van der Waals surface area contributed by atoms with Gasteiger partial charge >= 0.3 is 12.1 Å². The minimum atomic E-state index is -0.459. The quantitative estimate of drug-likeness (QED) is 0.336. The first-order chi connectivity index (χ1) is 19.7. The molecule has 216 valence electrons. The maximum atomic E-state index is 13.4. The Morgan fingerprint density at radius 2 is 1.59 bits per heavy atom. The third-order valence-corrected chi connectivity index (χ3v) is 7.03. The van der Waals surface area contributed by atoms with E-state index in [1.54, 1.807) is 54.1 Å². The van der Waals surface area contributed by atoms with Crippen LogP contribution in [0.1, 0.15) is 19.4 Å². The standard InChI is InChI=1S/C31H37N5O5/c1-21-18-36(22(2)20-37)29(38)17-23-16-26(33-30(39)32-24-10-6-4-7-11-24)14-15-27(23)41-28(21)19-35(3)31(40)34-25-12-8-5-9-13-25/h4-16,21-22,28,37H,17-20H2,1-3H3,(H,34,40)(H2,32,33,39)/t21-,22-,28+/m1/s1. The first kappa shape index (κ1) is 29.4. The molecule has 0 spiro atoms. The fourth-order valence-electron chi connectivity index (χ4n) is 4.63. The molecule has 0 bridgehead atoms. The molecule has 0 saturated heterocycles. The molecule has 3 aromatic rings. The van der Waals surface area contributed by atoms with Gasteiger partial charge in [-0.3, -0.25) is 4.79 Å². The van der Waals surface area contributed by atoms with E-state index in [2.05, 4.69) is 16.0 Å². The van der Waals surface area contributed by atoms with E-state index in [-0.39, 0.29) is 37.4 Å².